The minimum absolute atomic E-state index is 0.269. The molecule has 0 bridgehead atoms. The van der Waals surface area contributed by atoms with Gasteiger partial charge in [0.05, 0.1) is 6.61 Å². The Hall–Kier alpha value is -0.860. The summed E-state index contributed by atoms with van der Waals surface area (Å²) in [4.78, 5) is 2.51. The fourth-order valence-corrected chi connectivity index (χ4v) is 3.68. The van der Waals surface area contributed by atoms with Gasteiger partial charge in [-0.05, 0) is 49.1 Å². The van der Waals surface area contributed by atoms with Crippen molar-refractivity contribution in [3.63, 3.8) is 0 Å². The van der Waals surface area contributed by atoms with Gasteiger partial charge in [0, 0.05) is 19.1 Å². The molecule has 0 radical (unpaired) electrons. The first-order chi connectivity index (χ1) is 9.80. The Morgan fingerprint density at radius 1 is 1.25 bits per heavy atom. The van der Waals surface area contributed by atoms with E-state index >= 15 is 0 Å². The highest BCUT2D eigenvalue weighted by atomic mass is 16.3. The third-order valence-corrected chi connectivity index (χ3v) is 4.79. The maximum absolute atomic E-state index is 9.36. The Bertz CT molecular complexity index is 400. The number of hydrogen-bond donors (Lipinski definition) is 1. The van der Waals surface area contributed by atoms with E-state index in [0.717, 1.165) is 13.1 Å². The lowest BCUT2D eigenvalue weighted by Gasteiger charge is -2.35. The highest BCUT2D eigenvalue weighted by Crippen LogP contribution is 2.32. The summed E-state index contributed by atoms with van der Waals surface area (Å²) in [6.45, 7) is 6.69. The lowest BCUT2D eigenvalue weighted by atomic mass is 9.82. The molecule has 1 atom stereocenters. The molecule has 1 N–H and O–H groups in total. The fraction of sp³-hybridized carbons (Fsp3) is 0.667. The number of fused-ring (bicyclic) bond motifs is 1. The summed E-state index contributed by atoms with van der Waals surface area (Å²) in [7, 11) is 0. The molecule has 0 saturated heterocycles. The zero-order chi connectivity index (χ0) is 14.4. The third kappa shape index (κ3) is 3.62. The van der Waals surface area contributed by atoms with Crippen LogP contribution in [-0.2, 0) is 6.42 Å². The largest absolute Gasteiger partial charge is 0.395 e. The molecular weight excluding hydrogens is 246 g/mol. The quantitative estimate of drug-likeness (QED) is 0.822. The molecule has 0 fully saturated rings. The summed E-state index contributed by atoms with van der Waals surface area (Å²) in [6, 6.07) is 9.53. The molecule has 1 aromatic carbocycles. The summed E-state index contributed by atoms with van der Waals surface area (Å²) in [5.74, 6) is 0.645. The van der Waals surface area contributed by atoms with Crippen molar-refractivity contribution < 1.29 is 5.11 Å². The van der Waals surface area contributed by atoms with E-state index in [1.807, 2.05) is 0 Å². The molecule has 1 aliphatic rings. The minimum atomic E-state index is 0.269. The Labute approximate surface area is 123 Å². The molecule has 2 rings (SSSR count). The average molecular weight is 275 g/mol. The van der Waals surface area contributed by atoms with E-state index in [0.29, 0.717) is 12.0 Å². The van der Waals surface area contributed by atoms with Gasteiger partial charge in [0.1, 0.15) is 0 Å². The van der Waals surface area contributed by atoms with Crippen molar-refractivity contribution in [1.29, 1.82) is 0 Å². The van der Waals surface area contributed by atoms with Crippen LogP contribution < -0.4 is 0 Å². The van der Waals surface area contributed by atoms with E-state index in [1.165, 1.54) is 37.7 Å². The second-order valence-corrected chi connectivity index (χ2v) is 5.98. The van der Waals surface area contributed by atoms with Crippen LogP contribution in [0.3, 0.4) is 0 Å². The summed E-state index contributed by atoms with van der Waals surface area (Å²) < 4.78 is 0. The molecule has 1 aromatic rings. The lowest BCUT2D eigenvalue weighted by Crippen LogP contribution is -2.40. The molecule has 112 valence electrons. The zero-order valence-corrected chi connectivity index (χ0v) is 13.0. The second-order valence-electron chi connectivity index (χ2n) is 5.98. The lowest BCUT2D eigenvalue weighted by molar-refractivity contribution is 0.133. The molecule has 2 nitrogen and oxygen atoms in total. The first kappa shape index (κ1) is 15.5. The normalized spacial score (nSPS) is 18.6. The number of benzene rings is 1. The Balaban J connectivity index is 2.11. The monoisotopic (exact) mass is 275 g/mol. The molecule has 0 aliphatic heterocycles. The van der Waals surface area contributed by atoms with Gasteiger partial charge in [-0.15, -0.1) is 0 Å². The van der Waals surface area contributed by atoms with Crippen LogP contribution in [0.5, 0.6) is 0 Å². The topological polar surface area (TPSA) is 23.5 Å². The van der Waals surface area contributed by atoms with Crippen LogP contribution in [-0.4, -0.2) is 35.7 Å². The highest BCUT2D eigenvalue weighted by Gasteiger charge is 2.24. The van der Waals surface area contributed by atoms with Gasteiger partial charge >= 0.3 is 0 Å². The maximum Gasteiger partial charge on any atom is 0.0558 e. The van der Waals surface area contributed by atoms with Crippen LogP contribution in [0.1, 0.15) is 56.6 Å². The molecule has 0 saturated carbocycles. The van der Waals surface area contributed by atoms with Crippen molar-refractivity contribution in [1.82, 2.24) is 4.90 Å². The van der Waals surface area contributed by atoms with Gasteiger partial charge in [-0.3, -0.25) is 4.90 Å². The van der Waals surface area contributed by atoms with E-state index in [-0.39, 0.29) is 6.61 Å². The highest BCUT2D eigenvalue weighted by molar-refractivity contribution is 5.32. The van der Waals surface area contributed by atoms with Crippen molar-refractivity contribution in [2.24, 2.45) is 0 Å². The Morgan fingerprint density at radius 3 is 2.70 bits per heavy atom. The molecule has 0 amide bonds. The average Bonchev–Trinajstić information content (AvgIpc) is 2.49. The Kier molecular flexibility index (Phi) is 6.06. The smallest absolute Gasteiger partial charge is 0.0558 e. The number of aliphatic hydroxyl groups excluding tert-OH is 1. The summed E-state index contributed by atoms with van der Waals surface area (Å²) in [5.41, 5.74) is 3.09. The molecule has 0 aromatic heterocycles. The molecule has 2 heteroatoms. The van der Waals surface area contributed by atoms with Crippen LogP contribution in [0.25, 0.3) is 0 Å². The number of aliphatic hydroxyl groups is 1. The van der Waals surface area contributed by atoms with Crippen LogP contribution in [0.2, 0.25) is 0 Å². The molecule has 20 heavy (non-hydrogen) atoms. The van der Waals surface area contributed by atoms with E-state index < -0.39 is 0 Å². The van der Waals surface area contributed by atoms with Gasteiger partial charge in [-0.1, -0.05) is 38.1 Å². The van der Waals surface area contributed by atoms with Gasteiger partial charge in [0.2, 0.25) is 0 Å². The first-order valence-electron chi connectivity index (χ1n) is 8.22. The number of rotatable bonds is 7. The van der Waals surface area contributed by atoms with Crippen LogP contribution in [0.15, 0.2) is 24.3 Å². The molecule has 1 unspecified atom stereocenters. The second kappa shape index (κ2) is 7.80. The van der Waals surface area contributed by atoms with Crippen molar-refractivity contribution in [2.75, 3.05) is 19.7 Å². The van der Waals surface area contributed by atoms with Crippen molar-refractivity contribution >= 4 is 0 Å². The van der Waals surface area contributed by atoms with Crippen LogP contribution in [0.4, 0.5) is 0 Å². The molecule has 0 heterocycles. The Morgan fingerprint density at radius 2 is 2.00 bits per heavy atom. The molecule has 0 spiro atoms. The van der Waals surface area contributed by atoms with Crippen LogP contribution in [0, 0.1) is 0 Å². The van der Waals surface area contributed by atoms with Gasteiger partial charge in [0.25, 0.3) is 0 Å². The fourth-order valence-electron chi connectivity index (χ4n) is 3.68. The summed E-state index contributed by atoms with van der Waals surface area (Å²) in [6.07, 6.45) is 6.17. The number of hydrogen-bond acceptors (Lipinski definition) is 2. The maximum atomic E-state index is 9.36. The molecular formula is C18H29NO. The van der Waals surface area contributed by atoms with E-state index in [4.69, 9.17) is 0 Å². The van der Waals surface area contributed by atoms with Crippen molar-refractivity contribution in [2.45, 2.75) is 57.9 Å². The standard InChI is InChI=1S/C18H29NO/c1-3-17(4-2)19(12-13-20)14-16-10-7-9-15-8-5-6-11-18(15)16/h5-6,8,11,16-17,20H,3-4,7,9-10,12-14H2,1-2H3. The van der Waals surface area contributed by atoms with Crippen molar-refractivity contribution in [3.05, 3.63) is 35.4 Å². The minimum Gasteiger partial charge on any atom is -0.395 e. The number of nitrogens with zero attached hydrogens (tertiary/aromatic N) is 1. The summed E-state index contributed by atoms with van der Waals surface area (Å²) in [5, 5.41) is 9.36. The van der Waals surface area contributed by atoms with Gasteiger partial charge in [-0.25, -0.2) is 0 Å². The first-order valence-corrected chi connectivity index (χ1v) is 8.22. The molecule has 1 aliphatic carbocycles. The van der Waals surface area contributed by atoms with Gasteiger partial charge in [0.15, 0.2) is 0 Å². The van der Waals surface area contributed by atoms with Gasteiger partial charge in [-0.2, -0.15) is 0 Å². The predicted octanol–water partition coefficient (Wildman–Crippen LogP) is 3.59. The van der Waals surface area contributed by atoms with Gasteiger partial charge < -0.3 is 5.11 Å². The van der Waals surface area contributed by atoms with E-state index in [2.05, 4.69) is 43.0 Å². The summed E-state index contributed by atoms with van der Waals surface area (Å²) >= 11 is 0. The van der Waals surface area contributed by atoms with E-state index in [9.17, 15) is 5.11 Å². The zero-order valence-electron chi connectivity index (χ0n) is 13.0. The van der Waals surface area contributed by atoms with E-state index in [1.54, 1.807) is 5.56 Å². The van der Waals surface area contributed by atoms with Crippen LogP contribution >= 0.6 is 0 Å². The SMILES string of the molecule is CCC(CC)N(CCO)CC1CCCc2ccccc21. The third-order valence-electron chi connectivity index (χ3n) is 4.79. The number of aryl methyl sites for hydroxylation is 1. The predicted molar refractivity (Wildman–Crippen MR) is 85.1 cm³/mol. The van der Waals surface area contributed by atoms with Crippen molar-refractivity contribution in [3.8, 4) is 0 Å².